The van der Waals surface area contributed by atoms with Crippen LogP contribution in [0.3, 0.4) is 0 Å². The first-order chi connectivity index (χ1) is 15.8. The van der Waals surface area contributed by atoms with E-state index in [4.69, 9.17) is 4.52 Å². The minimum Gasteiger partial charge on any atom is -0.363 e. The summed E-state index contributed by atoms with van der Waals surface area (Å²) in [6, 6.07) is 14.6. The molecule has 0 atom stereocenters. The Morgan fingerprint density at radius 1 is 1.06 bits per heavy atom. The predicted molar refractivity (Wildman–Crippen MR) is 124 cm³/mol. The summed E-state index contributed by atoms with van der Waals surface area (Å²) in [5, 5.41) is 3.83. The number of carbonyl (C=O) groups is 2. The van der Waals surface area contributed by atoms with Gasteiger partial charge in [-0.25, -0.2) is 8.42 Å². The molecule has 0 saturated heterocycles. The number of benzene rings is 2. The van der Waals surface area contributed by atoms with Crippen LogP contribution in [0.2, 0.25) is 0 Å². The number of carbonyl (C=O) groups excluding carboxylic acids is 2. The molecule has 1 saturated carbocycles. The Hall–Kier alpha value is -3.46. The van der Waals surface area contributed by atoms with Gasteiger partial charge >= 0.3 is 0 Å². The second-order valence-electron chi connectivity index (χ2n) is 8.03. The maximum Gasteiger partial charge on any atom is 0.259 e. The van der Waals surface area contributed by atoms with Gasteiger partial charge in [0.05, 0.1) is 10.6 Å². The van der Waals surface area contributed by atoms with Crippen LogP contribution in [0.15, 0.2) is 70.3 Å². The van der Waals surface area contributed by atoms with Crippen molar-refractivity contribution in [2.24, 2.45) is 5.92 Å². The van der Waals surface area contributed by atoms with E-state index in [9.17, 15) is 18.0 Å². The molecule has 0 unspecified atom stereocenters. The highest BCUT2D eigenvalue weighted by Crippen LogP contribution is 2.33. The Labute approximate surface area is 192 Å². The number of aromatic nitrogens is 1. The van der Waals surface area contributed by atoms with E-state index >= 15 is 0 Å². The van der Waals surface area contributed by atoms with Gasteiger partial charge in [0.2, 0.25) is 5.91 Å². The molecule has 1 aromatic heterocycles. The molecule has 1 fully saturated rings. The SMILES string of the molecule is CCN(C(=O)c1cccc(N(C(C)=O)c2ccc(S(=O)(=O)CC3CC3)cc2)c1)c1ccon1. The normalized spacial score (nSPS) is 13.5. The van der Waals surface area contributed by atoms with Crippen molar-refractivity contribution in [1.82, 2.24) is 5.16 Å². The van der Waals surface area contributed by atoms with Crippen LogP contribution in [0.1, 0.15) is 37.0 Å². The third-order valence-corrected chi connectivity index (χ3v) is 7.44. The van der Waals surface area contributed by atoms with Gasteiger partial charge in [0.15, 0.2) is 15.7 Å². The van der Waals surface area contributed by atoms with Crippen LogP contribution in [0, 0.1) is 5.92 Å². The summed E-state index contributed by atoms with van der Waals surface area (Å²) in [6.45, 7) is 3.64. The Balaban J connectivity index is 1.62. The molecular weight excluding hydrogens is 442 g/mol. The van der Waals surface area contributed by atoms with Gasteiger partial charge in [0.25, 0.3) is 5.91 Å². The van der Waals surface area contributed by atoms with Gasteiger partial charge in [0, 0.05) is 36.5 Å². The Bertz CT molecular complexity index is 1250. The van der Waals surface area contributed by atoms with E-state index in [1.165, 1.54) is 35.1 Å². The summed E-state index contributed by atoms with van der Waals surface area (Å²) in [6.07, 6.45) is 3.31. The lowest BCUT2D eigenvalue weighted by molar-refractivity contribution is -0.115. The predicted octanol–water partition coefficient (Wildman–Crippen LogP) is 4.21. The zero-order valence-electron chi connectivity index (χ0n) is 18.5. The van der Waals surface area contributed by atoms with Gasteiger partial charge in [0.1, 0.15) is 6.26 Å². The Morgan fingerprint density at radius 3 is 2.36 bits per heavy atom. The van der Waals surface area contributed by atoms with Gasteiger partial charge in [-0.15, -0.1) is 0 Å². The average molecular weight is 468 g/mol. The number of amides is 2. The zero-order chi connectivity index (χ0) is 23.6. The van der Waals surface area contributed by atoms with Gasteiger partial charge in [-0.2, -0.15) is 0 Å². The highest BCUT2D eigenvalue weighted by atomic mass is 32.2. The standard InChI is InChI=1S/C24H25N3O5S/c1-3-26(23-13-14-32-25-23)24(29)19-5-4-6-21(15-19)27(17(2)28)20-9-11-22(12-10-20)33(30,31)16-18-7-8-18/h4-6,9-15,18H,3,7-8,16H2,1-2H3. The number of hydrogen-bond donors (Lipinski definition) is 0. The molecule has 0 radical (unpaired) electrons. The Morgan fingerprint density at radius 2 is 1.79 bits per heavy atom. The molecule has 9 heteroatoms. The van der Waals surface area contributed by atoms with Gasteiger partial charge in [-0.1, -0.05) is 11.2 Å². The van der Waals surface area contributed by atoms with Crippen LogP contribution in [0.5, 0.6) is 0 Å². The van der Waals surface area contributed by atoms with E-state index in [0.29, 0.717) is 29.3 Å². The number of sulfone groups is 1. The summed E-state index contributed by atoms with van der Waals surface area (Å²) in [7, 11) is -3.34. The van der Waals surface area contributed by atoms with Crippen LogP contribution in [-0.2, 0) is 14.6 Å². The molecule has 8 nitrogen and oxygen atoms in total. The third-order valence-electron chi connectivity index (χ3n) is 5.53. The van der Waals surface area contributed by atoms with Crippen LogP contribution >= 0.6 is 0 Å². The molecule has 1 aliphatic rings. The molecule has 3 aromatic rings. The number of anilines is 3. The number of hydrogen-bond acceptors (Lipinski definition) is 6. The molecule has 1 aliphatic carbocycles. The van der Waals surface area contributed by atoms with E-state index in [1.54, 1.807) is 42.5 Å². The molecule has 1 heterocycles. The van der Waals surface area contributed by atoms with Crippen LogP contribution in [0.4, 0.5) is 17.2 Å². The quantitative estimate of drug-likeness (QED) is 0.492. The smallest absolute Gasteiger partial charge is 0.259 e. The molecule has 2 amide bonds. The minimum atomic E-state index is -3.34. The molecule has 0 N–H and O–H groups in total. The van der Waals surface area contributed by atoms with Crippen molar-refractivity contribution < 1.29 is 22.5 Å². The van der Waals surface area contributed by atoms with Crippen molar-refractivity contribution in [2.45, 2.75) is 31.6 Å². The lowest BCUT2D eigenvalue weighted by Gasteiger charge is -2.23. The van der Waals surface area contributed by atoms with Gasteiger partial charge in [-0.3, -0.25) is 19.4 Å². The lowest BCUT2D eigenvalue weighted by atomic mass is 10.1. The molecule has 33 heavy (non-hydrogen) atoms. The largest absolute Gasteiger partial charge is 0.363 e. The van der Waals surface area contributed by atoms with E-state index in [1.807, 2.05) is 6.92 Å². The fourth-order valence-electron chi connectivity index (χ4n) is 3.70. The summed E-state index contributed by atoms with van der Waals surface area (Å²) in [5.74, 6) is 0.269. The topological polar surface area (TPSA) is 101 Å². The molecular formula is C24H25N3O5S. The Kier molecular flexibility index (Phi) is 6.33. The average Bonchev–Trinajstić information content (AvgIpc) is 3.43. The maximum atomic E-state index is 13.1. The van der Waals surface area contributed by atoms with Gasteiger partial charge in [-0.05, 0) is 68.1 Å². The van der Waals surface area contributed by atoms with E-state index < -0.39 is 9.84 Å². The van der Waals surface area contributed by atoms with E-state index in [-0.39, 0.29) is 28.4 Å². The second kappa shape index (κ2) is 9.19. The molecule has 2 aromatic carbocycles. The highest BCUT2D eigenvalue weighted by molar-refractivity contribution is 7.91. The first-order valence-electron chi connectivity index (χ1n) is 10.8. The van der Waals surface area contributed by atoms with E-state index in [0.717, 1.165) is 12.8 Å². The lowest BCUT2D eigenvalue weighted by Crippen LogP contribution is -2.31. The molecule has 0 spiro atoms. The van der Waals surface area contributed by atoms with Crippen molar-refractivity contribution in [3.63, 3.8) is 0 Å². The second-order valence-corrected chi connectivity index (χ2v) is 10.1. The monoisotopic (exact) mass is 467 g/mol. The minimum absolute atomic E-state index is 0.159. The molecule has 4 rings (SSSR count). The fraction of sp³-hybridized carbons (Fsp3) is 0.292. The van der Waals surface area contributed by atoms with Crippen molar-refractivity contribution in [3.05, 3.63) is 66.4 Å². The van der Waals surface area contributed by atoms with Crippen LogP contribution in [-0.4, -0.2) is 37.7 Å². The molecule has 172 valence electrons. The summed E-state index contributed by atoms with van der Waals surface area (Å²) in [4.78, 5) is 28.8. The third kappa shape index (κ3) is 4.98. The summed E-state index contributed by atoms with van der Waals surface area (Å²) in [5.41, 5.74) is 1.40. The number of nitrogens with zero attached hydrogens (tertiary/aromatic N) is 3. The first kappa shape index (κ1) is 22.7. The first-order valence-corrected chi connectivity index (χ1v) is 12.4. The van der Waals surface area contributed by atoms with Crippen molar-refractivity contribution in [1.29, 1.82) is 0 Å². The van der Waals surface area contributed by atoms with E-state index in [2.05, 4.69) is 5.16 Å². The summed E-state index contributed by atoms with van der Waals surface area (Å²) >= 11 is 0. The number of rotatable bonds is 8. The molecule has 0 bridgehead atoms. The molecule has 0 aliphatic heterocycles. The summed E-state index contributed by atoms with van der Waals surface area (Å²) < 4.78 is 29.9. The van der Waals surface area contributed by atoms with Crippen molar-refractivity contribution >= 4 is 38.8 Å². The van der Waals surface area contributed by atoms with Gasteiger partial charge < -0.3 is 4.52 Å². The highest BCUT2D eigenvalue weighted by Gasteiger charge is 2.29. The van der Waals surface area contributed by atoms with Crippen molar-refractivity contribution in [3.8, 4) is 0 Å². The fourth-order valence-corrected chi connectivity index (χ4v) is 5.39. The van der Waals surface area contributed by atoms with Crippen molar-refractivity contribution in [2.75, 3.05) is 22.1 Å². The zero-order valence-corrected chi connectivity index (χ0v) is 19.3. The van der Waals surface area contributed by atoms with Crippen LogP contribution in [0.25, 0.3) is 0 Å². The van der Waals surface area contributed by atoms with Crippen LogP contribution < -0.4 is 9.80 Å². The maximum absolute atomic E-state index is 13.1.